The molecule has 1 unspecified atom stereocenters. The summed E-state index contributed by atoms with van der Waals surface area (Å²) in [4.78, 5) is 23.4. The summed E-state index contributed by atoms with van der Waals surface area (Å²) < 4.78 is 10.8. The zero-order valence-corrected chi connectivity index (χ0v) is 15.6. The molecular formula is C21H25NO5. The normalized spacial score (nSPS) is 11.5. The number of benzene rings is 2. The molecule has 6 nitrogen and oxygen atoms in total. The van der Waals surface area contributed by atoms with Gasteiger partial charge in [0.05, 0.1) is 12.5 Å². The van der Waals surface area contributed by atoms with E-state index in [2.05, 4.69) is 5.32 Å². The van der Waals surface area contributed by atoms with Crippen LogP contribution in [0.2, 0.25) is 0 Å². The molecule has 1 atom stereocenters. The quantitative estimate of drug-likeness (QED) is 0.671. The number of carbonyl (C=O) groups excluding carboxylic acids is 1. The molecule has 0 aromatic heterocycles. The van der Waals surface area contributed by atoms with E-state index in [1.165, 1.54) is 0 Å². The predicted octanol–water partition coefficient (Wildman–Crippen LogP) is 2.83. The number of carboxylic acids is 1. The van der Waals surface area contributed by atoms with E-state index in [1.807, 2.05) is 50.2 Å². The molecule has 0 heterocycles. The number of hydrogen-bond donors (Lipinski definition) is 2. The second-order valence-corrected chi connectivity index (χ2v) is 6.22. The minimum Gasteiger partial charge on any atom is -0.494 e. The molecule has 0 spiro atoms. The van der Waals surface area contributed by atoms with Crippen molar-refractivity contribution in [3.05, 3.63) is 59.7 Å². The van der Waals surface area contributed by atoms with Crippen molar-refractivity contribution in [2.24, 2.45) is 5.92 Å². The molecule has 0 saturated heterocycles. The molecule has 0 radical (unpaired) electrons. The Morgan fingerprint density at radius 2 is 1.59 bits per heavy atom. The van der Waals surface area contributed by atoms with E-state index in [4.69, 9.17) is 9.47 Å². The summed E-state index contributed by atoms with van der Waals surface area (Å²) in [6.45, 7) is 4.33. The summed E-state index contributed by atoms with van der Waals surface area (Å²) in [7, 11) is 0. The summed E-state index contributed by atoms with van der Waals surface area (Å²) >= 11 is 0. The summed E-state index contributed by atoms with van der Waals surface area (Å²) in [6, 6.07) is 14.7. The fraction of sp³-hybridized carbons (Fsp3) is 0.333. The Morgan fingerprint density at radius 3 is 2.19 bits per heavy atom. The topological polar surface area (TPSA) is 84.9 Å². The zero-order chi connectivity index (χ0) is 19.6. The van der Waals surface area contributed by atoms with Crippen LogP contribution in [0, 0.1) is 12.8 Å². The van der Waals surface area contributed by atoms with Gasteiger partial charge in [0, 0.05) is 6.54 Å². The summed E-state index contributed by atoms with van der Waals surface area (Å²) in [6.07, 6.45) is 0.320. The van der Waals surface area contributed by atoms with E-state index >= 15 is 0 Å². The largest absolute Gasteiger partial charge is 0.494 e. The maximum absolute atomic E-state index is 11.9. The number of carboxylic acid groups (broad SMARTS) is 1. The standard InChI is InChI=1S/C21H25NO5/c1-3-26-18-10-6-16(7-11-18)12-17(21(24)25)13-22-20(23)14-27-19-8-4-15(2)5-9-19/h4-11,17H,3,12-14H2,1-2H3,(H,22,23)(H,24,25). The lowest BCUT2D eigenvalue weighted by Gasteiger charge is -2.14. The van der Waals surface area contributed by atoms with Gasteiger partial charge in [-0.2, -0.15) is 0 Å². The van der Waals surface area contributed by atoms with Crippen LogP contribution in [0.15, 0.2) is 48.5 Å². The van der Waals surface area contributed by atoms with Crippen LogP contribution >= 0.6 is 0 Å². The average Bonchev–Trinajstić information content (AvgIpc) is 2.66. The van der Waals surface area contributed by atoms with Gasteiger partial charge >= 0.3 is 5.97 Å². The second-order valence-electron chi connectivity index (χ2n) is 6.22. The molecule has 1 amide bonds. The lowest BCUT2D eigenvalue weighted by atomic mass is 9.99. The van der Waals surface area contributed by atoms with E-state index in [9.17, 15) is 14.7 Å². The molecule has 27 heavy (non-hydrogen) atoms. The Labute approximate surface area is 159 Å². The minimum atomic E-state index is -0.955. The molecule has 0 bridgehead atoms. The molecule has 2 aromatic rings. The summed E-state index contributed by atoms with van der Waals surface area (Å²) in [5.41, 5.74) is 1.97. The molecule has 0 aliphatic heterocycles. The Balaban J connectivity index is 1.81. The third kappa shape index (κ3) is 7.01. The SMILES string of the molecule is CCOc1ccc(CC(CNC(=O)COc2ccc(C)cc2)C(=O)O)cc1. The fourth-order valence-electron chi connectivity index (χ4n) is 2.49. The van der Waals surface area contributed by atoms with Crippen molar-refractivity contribution in [1.82, 2.24) is 5.32 Å². The van der Waals surface area contributed by atoms with Crippen molar-refractivity contribution in [1.29, 1.82) is 0 Å². The van der Waals surface area contributed by atoms with Gasteiger partial charge in [0.15, 0.2) is 6.61 Å². The number of amides is 1. The Bertz CT molecular complexity index is 740. The zero-order valence-electron chi connectivity index (χ0n) is 15.6. The first kappa shape index (κ1) is 20.3. The summed E-state index contributed by atoms with van der Waals surface area (Å²) in [5.74, 6) is -0.682. The highest BCUT2D eigenvalue weighted by atomic mass is 16.5. The second kappa shape index (κ2) is 10.2. The third-order valence-electron chi connectivity index (χ3n) is 4.00. The van der Waals surface area contributed by atoms with E-state index in [-0.39, 0.29) is 19.1 Å². The van der Waals surface area contributed by atoms with Crippen LogP contribution in [0.5, 0.6) is 11.5 Å². The number of aliphatic carboxylic acids is 1. The van der Waals surface area contributed by atoms with Crippen molar-refractivity contribution in [2.45, 2.75) is 20.3 Å². The third-order valence-corrected chi connectivity index (χ3v) is 4.00. The highest BCUT2D eigenvalue weighted by molar-refractivity contribution is 5.78. The summed E-state index contributed by atoms with van der Waals surface area (Å²) in [5, 5.41) is 12.0. The monoisotopic (exact) mass is 371 g/mol. The van der Waals surface area contributed by atoms with Crippen molar-refractivity contribution >= 4 is 11.9 Å². The van der Waals surface area contributed by atoms with Crippen molar-refractivity contribution < 1.29 is 24.2 Å². The van der Waals surface area contributed by atoms with Crippen LogP contribution in [0.25, 0.3) is 0 Å². The number of nitrogens with one attached hydrogen (secondary N) is 1. The molecule has 0 fully saturated rings. The molecule has 6 heteroatoms. The first-order chi connectivity index (χ1) is 13.0. The van der Waals surface area contributed by atoms with Crippen molar-refractivity contribution in [3.8, 4) is 11.5 Å². The van der Waals surface area contributed by atoms with E-state index in [1.54, 1.807) is 12.1 Å². The van der Waals surface area contributed by atoms with E-state index in [0.717, 1.165) is 16.9 Å². The van der Waals surface area contributed by atoms with Gasteiger partial charge in [-0.15, -0.1) is 0 Å². The number of hydrogen-bond acceptors (Lipinski definition) is 4. The van der Waals surface area contributed by atoms with Gasteiger partial charge in [-0.25, -0.2) is 0 Å². The molecule has 2 aromatic carbocycles. The smallest absolute Gasteiger partial charge is 0.308 e. The van der Waals surface area contributed by atoms with Crippen LogP contribution in [-0.4, -0.2) is 36.7 Å². The first-order valence-corrected chi connectivity index (χ1v) is 8.88. The Morgan fingerprint density at radius 1 is 1.00 bits per heavy atom. The number of aryl methyl sites for hydroxylation is 1. The number of carbonyl (C=O) groups is 2. The van der Waals surface area contributed by atoms with Gasteiger partial charge in [0.1, 0.15) is 11.5 Å². The first-order valence-electron chi connectivity index (χ1n) is 8.88. The van der Waals surface area contributed by atoms with Gasteiger partial charge in [-0.1, -0.05) is 29.8 Å². The molecular weight excluding hydrogens is 346 g/mol. The maximum atomic E-state index is 11.9. The van der Waals surface area contributed by atoms with E-state index < -0.39 is 11.9 Å². The highest BCUT2D eigenvalue weighted by Gasteiger charge is 2.19. The number of ether oxygens (including phenoxy) is 2. The molecule has 0 aliphatic carbocycles. The minimum absolute atomic E-state index is 0.0403. The Kier molecular flexibility index (Phi) is 7.67. The fourth-order valence-corrected chi connectivity index (χ4v) is 2.49. The van der Waals surface area contributed by atoms with Gasteiger partial charge in [0.2, 0.25) is 0 Å². The highest BCUT2D eigenvalue weighted by Crippen LogP contribution is 2.15. The molecule has 0 saturated carbocycles. The van der Waals surface area contributed by atoms with Gasteiger partial charge < -0.3 is 19.9 Å². The average molecular weight is 371 g/mol. The van der Waals surface area contributed by atoms with Crippen LogP contribution in [-0.2, 0) is 16.0 Å². The van der Waals surface area contributed by atoms with Crippen molar-refractivity contribution in [2.75, 3.05) is 19.8 Å². The van der Waals surface area contributed by atoms with Crippen LogP contribution in [0.3, 0.4) is 0 Å². The molecule has 0 aliphatic rings. The molecule has 2 N–H and O–H groups in total. The predicted molar refractivity (Wildman–Crippen MR) is 102 cm³/mol. The molecule has 2 rings (SSSR count). The van der Waals surface area contributed by atoms with Gasteiger partial charge in [-0.3, -0.25) is 9.59 Å². The van der Waals surface area contributed by atoms with Gasteiger partial charge in [0.25, 0.3) is 5.91 Å². The lowest BCUT2D eigenvalue weighted by Crippen LogP contribution is -2.36. The van der Waals surface area contributed by atoms with Crippen LogP contribution < -0.4 is 14.8 Å². The van der Waals surface area contributed by atoms with Gasteiger partial charge in [-0.05, 0) is 50.1 Å². The lowest BCUT2D eigenvalue weighted by molar-refractivity contribution is -0.141. The van der Waals surface area contributed by atoms with Crippen molar-refractivity contribution in [3.63, 3.8) is 0 Å². The molecule has 144 valence electrons. The maximum Gasteiger partial charge on any atom is 0.308 e. The Hall–Kier alpha value is -3.02. The van der Waals surface area contributed by atoms with E-state index in [0.29, 0.717) is 18.8 Å². The van der Waals surface area contributed by atoms with Crippen LogP contribution in [0.1, 0.15) is 18.1 Å². The number of rotatable bonds is 10. The van der Waals surface area contributed by atoms with Crippen LogP contribution in [0.4, 0.5) is 0 Å².